The molecule has 0 saturated heterocycles. The lowest BCUT2D eigenvalue weighted by atomic mass is 9.92. The number of ketones is 1. The average Bonchev–Trinajstić information content (AvgIpc) is 3.80. The summed E-state index contributed by atoms with van der Waals surface area (Å²) < 4.78 is 66.2. The minimum absolute atomic E-state index is 0.00362. The van der Waals surface area contributed by atoms with Crippen molar-refractivity contribution >= 4 is 66.9 Å². The van der Waals surface area contributed by atoms with Gasteiger partial charge in [-0.2, -0.15) is 8.42 Å². The first-order chi connectivity index (χ1) is 39.6. The number of Topliss-reactive ketones (excluding diaryl/α,β-unsaturated/α-hetero) is 1. The molecular formula is C63H76N4O12S3. The maximum Gasteiger partial charge on any atom is 0.277 e. The zero-order valence-electron chi connectivity index (χ0n) is 48.1. The Morgan fingerprint density at radius 2 is 1.40 bits per heavy atom. The van der Waals surface area contributed by atoms with Gasteiger partial charge in [0.05, 0.1) is 64.5 Å². The van der Waals surface area contributed by atoms with E-state index in [-0.39, 0.29) is 55.7 Å². The van der Waals surface area contributed by atoms with Crippen LogP contribution in [0.4, 0.5) is 11.4 Å². The molecule has 5 aromatic carbocycles. The lowest BCUT2D eigenvalue weighted by molar-refractivity contribution is -0.118. The molecule has 19 heteroatoms. The molecule has 3 atom stereocenters. The van der Waals surface area contributed by atoms with E-state index in [1.165, 1.54) is 27.5 Å². The highest BCUT2D eigenvalue weighted by molar-refractivity contribution is 8.77. The fourth-order valence-electron chi connectivity index (χ4n) is 11.2. The van der Waals surface area contributed by atoms with Gasteiger partial charge in [-0.05, 0) is 134 Å². The van der Waals surface area contributed by atoms with Gasteiger partial charge in [0.2, 0.25) is 0 Å². The van der Waals surface area contributed by atoms with Gasteiger partial charge in [-0.15, -0.1) is 0 Å². The van der Waals surface area contributed by atoms with Crippen LogP contribution in [-0.2, 0) is 78.9 Å². The summed E-state index contributed by atoms with van der Waals surface area (Å²) in [5, 5.41) is -1.23. The summed E-state index contributed by atoms with van der Waals surface area (Å²) in [6.45, 7) is 12.5. The van der Waals surface area contributed by atoms with Crippen LogP contribution >= 0.6 is 21.6 Å². The third-order valence-corrected chi connectivity index (χ3v) is 20.5. The lowest BCUT2D eigenvalue weighted by Gasteiger charge is -2.35. The second-order valence-corrected chi connectivity index (χ2v) is 26.8. The second kappa shape index (κ2) is 27.6. The Bertz CT molecular complexity index is 3240. The number of anilines is 1. The van der Waals surface area contributed by atoms with E-state index < -0.39 is 20.1 Å². The molecule has 0 saturated carbocycles. The first-order valence-corrected chi connectivity index (χ1v) is 31.9. The van der Waals surface area contributed by atoms with Gasteiger partial charge in [0.15, 0.2) is 17.3 Å². The number of nitrogens with zero attached hydrogens (tertiary/aromatic N) is 4. The quantitative estimate of drug-likeness (QED) is 0.0263. The molecule has 0 bridgehead atoms. The Kier molecular flexibility index (Phi) is 20.4. The lowest BCUT2D eigenvalue weighted by Crippen LogP contribution is -2.44. The summed E-state index contributed by atoms with van der Waals surface area (Å²) in [6, 6.07) is 30.4. The number of hydrogen-bond acceptors (Lipinski definition) is 16. The van der Waals surface area contributed by atoms with Crippen LogP contribution in [0.1, 0.15) is 105 Å². The number of rotatable bonds is 28. The highest BCUT2D eigenvalue weighted by Crippen LogP contribution is 2.41. The molecule has 82 heavy (non-hydrogen) atoms. The molecule has 5 aromatic rings. The number of benzene rings is 5. The van der Waals surface area contributed by atoms with Crippen molar-refractivity contribution in [1.82, 2.24) is 9.80 Å². The smallest absolute Gasteiger partial charge is 0.277 e. The third kappa shape index (κ3) is 14.7. The SMILES string of the molecule is CCC(=O)C(CCSSC(C)(C)CN(CCOCCOCCOC)c1cc(COc2cc3c(cc2C)C(=O)N2Cc4ccccc4C[C@H]2C=N3)cc(COc2cc3c(cc2OC)C(=O)N2Cc4ccccc4C[C@H]2CC3)c1)S(=O)(=O)OC. The summed E-state index contributed by atoms with van der Waals surface area (Å²) in [5.41, 5.74) is 10.9. The van der Waals surface area contributed by atoms with Crippen LogP contribution in [0.25, 0.3) is 0 Å². The predicted octanol–water partition coefficient (Wildman–Crippen LogP) is 10.3. The zero-order chi connectivity index (χ0) is 58.0. The van der Waals surface area contributed by atoms with Crippen molar-refractivity contribution in [2.75, 3.05) is 78.1 Å². The number of amides is 2. The van der Waals surface area contributed by atoms with Crippen molar-refractivity contribution in [3.63, 3.8) is 0 Å². The van der Waals surface area contributed by atoms with Gasteiger partial charge in [-0.1, -0.05) is 77.0 Å². The number of hydrogen-bond donors (Lipinski definition) is 0. The Morgan fingerprint density at radius 3 is 2.09 bits per heavy atom. The van der Waals surface area contributed by atoms with Gasteiger partial charge in [0.25, 0.3) is 21.9 Å². The summed E-state index contributed by atoms with van der Waals surface area (Å²) in [5.74, 6) is 1.58. The van der Waals surface area contributed by atoms with Crippen LogP contribution in [0, 0.1) is 6.92 Å². The van der Waals surface area contributed by atoms with Gasteiger partial charge < -0.3 is 43.1 Å². The molecular weight excluding hydrogens is 1100 g/mol. The summed E-state index contributed by atoms with van der Waals surface area (Å²) in [7, 11) is 3.43. The largest absolute Gasteiger partial charge is 0.493 e. The van der Waals surface area contributed by atoms with E-state index in [2.05, 4.69) is 67.3 Å². The predicted molar refractivity (Wildman–Crippen MR) is 323 cm³/mol. The molecule has 438 valence electrons. The molecule has 0 fully saturated rings. The molecule has 4 aliphatic heterocycles. The van der Waals surface area contributed by atoms with Gasteiger partial charge >= 0.3 is 0 Å². The van der Waals surface area contributed by atoms with E-state index in [1.54, 1.807) is 31.9 Å². The van der Waals surface area contributed by atoms with E-state index in [0.29, 0.717) is 112 Å². The van der Waals surface area contributed by atoms with E-state index >= 15 is 0 Å². The maximum atomic E-state index is 14.3. The average molecular weight is 1180 g/mol. The molecule has 0 radical (unpaired) electrons. The van der Waals surface area contributed by atoms with Crippen molar-refractivity contribution in [2.24, 2.45) is 4.99 Å². The Balaban J connectivity index is 0.992. The number of fused-ring (bicyclic) bond motifs is 6. The number of methoxy groups -OCH3 is 2. The van der Waals surface area contributed by atoms with Gasteiger partial charge in [-0.3, -0.25) is 23.6 Å². The summed E-state index contributed by atoms with van der Waals surface area (Å²) in [4.78, 5) is 52.4. The van der Waals surface area contributed by atoms with Gasteiger partial charge in [0.1, 0.15) is 24.2 Å². The number of aryl methyl sites for hydroxylation is 2. The fraction of sp³-hybridized carbons (Fsp3) is 0.460. The molecule has 0 aromatic heterocycles. The Hall–Kier alpha value is -5.93. The molecule has 4 aliphatic rings. The molecule has 16 nitrogen and oxygen atoms in total. The van der Waals surface area contributed by atoms with Crippen LogP contribution in [0.2, 0.25) is 0 Å². The van der Waals surface area contributed by atoms with Crippen molar-refractivity contribution in [3.05, 3.63) is 147 Å². The minimum atomic E-state index is -4.04. The second-order valence-electron chi connectivity index (χ2n) is 21.8. The normalized spacial score (nSPS) is 16.9. The summed E-state index contributed by atoms with van der Waals surface area (Å²) in [6.07, 6.45) is 5.16. The fourth-order valence-corrected chi connectivity index (χ4v) is 15.1. The highest BCUT2D eigenvalue weighted by atomic mass is 33.1. The van der Waals surface area contributed by atoms with Crippen molar-refractivity contribution in [1.29, 1.82) is 0 Å². The summed E-state index contributed by atoms with van der Waals surface area (Å²) >= 11 is 0. The van der Waals surface area contributed by atoms with E-state index in [9.17, 15) is 22.8 Å². The van der Waals surface area contributed by atoms with Crippen LogP contribution in [-0.4, -0.2) is 137 Å². The molecule has 0 spiro atoms. The number of aliphatic imine (C=N–C) groups is 1. The van der Waals surface area contributed by atoms with Gasteiger partial charge in [0, 0.05) is 79.8 Å². The van der Waals surface area contributed by atoms with Crippen molar-refractivity contribution in [2.45, 2.75) is 115 Å². The maximum absolute atomic E-state index is 14.3. The number of carbonyl (C=O) groups is 3. The standard InChI is InChI=1S/C63H76N4O12S3/c1-8-56(68)60(82(71,72)75-7)19-26-80-81-63(3,4)41-65(20-21-76-24-25-77-23-22-73-5)51-29-43(39-78-57-35-55-54(27-42(57)2)62(70)67-38-49-16-12-10-14-46(49)32-52(67)36-64-55)28-44(30-51)40-79-59-33-47-17-18-50-31-45-13-9-11-15-48(45)37-66(50)61(69)53(47)34-58(59)74-6/h9-16,27-30,33-36,50,52,60H,8,17-26,31-32,37-41H2,1-7H3/t50-,52+,60?/m1/s1. The first-order valence-electron chi connectivity index (χ1n) is 28.1. The van der Waals surface area contributed by atoms with Crippen molar-refractivity contribution < 1.29 is 55.4 Å². The van der Waals surface area contributed by atoms with Crippen LogP contribution in [0.5, 0.6) is 17.2 Å². The van der Waals surface area contributed by atoms with E-state index in [1.807, 2.05) is 65.4 Å². The zero-order valence-corrected chi connectivity index (χ0v) is 50.6. The van der Waals surface area contributed by atoms with E-state index in [4.69, 9.17) is 37.6 Å². The topological polar surface area (TPSA) is 172 Å². The third-order valence-electron chi connectivity index (χ3n) is 15.6. The molecule has 0 N–H and O–H groups in total. The van der Waals surface area contributed by atoms with Crippen LogP contribution in [0.3, 0.4) is 0 Å². The monoisotopic (exact) mass is 1180 g/mol. The molecule has 0 aliphatic carbocycles. The van der Waals surface area contributed by atoms with Crippen LogP contribution < -0.4 is 19.1 Å². The molecule has 4 heterocycles. The van der Waals surface area contributed by atoms with Gasteiger partial charge in [-0.25, -0.2) is 0 Å². The van der Waals surface area contributed by atoms with Crippen LogP contribution in [0.15, 0.2) is 96.0 Å². The Labute approximate surface area is 491 Å². The minimum Gasteiger partial charge on any atom is -0.493 e. The highest BCUT2D eigenvalue weighted by Gasteiger charge is 2.37. The first kappa shape index (κ1) is 60.7. The van der Waals surface area contributed by atoms with E-state index in [0.717, 1.165) is 53.5 Å². The number of ether oxygens (including phenoxy) is 6. The molecule has 1 unspecified atom stereocenters. The number of carbonyl (C=O) groups excluding carboxylic acids is 3. The molecule has 9 rings (SSSR count). The Morgan fingerprint density at radius 1 is 0.756 bits per heavy atom. The van der Waals surface area contributed by atoms with Crippen molar-refractivity contribution in [3.8, 4) is 17.2 Å². The molecule has 2 amide bonds.